The molecule has 0 fully saturated rings. The van der Waals surface area contributed by atoms with Gasteiger partial charge >= 0.3 is 35.7 Å². The first-order valence-electron chi connectivity index (χ1n) is 20.8. The van der Waals surface area contributed by atoms with Crippen LogP contribution in [0, 0.1) is 23.7 Å². The minimum atomic E-state index is -0.616. The zero-order valence-corrected chi connectivity index (χ0v) is 34.7. The molecule has 0 heterocycles. The number of hydrogen-bond donors (Lipinski definition) is 2. The van der Waals surface area contributed by atoms with Crippen LogP contribution in [0.2, 0.25) is 0 Å². The Morgan fingerprint density at radius 1 is 0.375 bits per heavy atom. The van der Waals surface area contributed by atoms with Crippen LogP contribution in [-0.2, 0) is 33.3 Å². The van der Waals surface area contributed by atoms with Gasteiger partial charge in [-0.2, -0.15) is 0 Å². The Morgan fingerprint density at radius 2 is 0.542 bits per heavy atom. The van der Waals surface area contributed by atoms with E-state index in [1.807, 2.05) is 27.7 Å². The third-order valence-corrected chi connectivity index (χ3v) is 9.98. The molecule has 0 aliphatic rings. The maximum atomic E-state index is 11.1. The number of carboxylic acids is 2. The fourth-order valence-electron chi connectivity index (χ4n) is 6.60. The maximum absolute atomic E-state index is 11.1. The Balaban J connectivity index is -0.000000802. The standard InChI is InChI=1S/2C21H42O2.O.Ti/c2*1-4-5-6-7-8-9-10-11-12-13-14-15-16-17-18-20(19(2)3)21(22)23;;/h2*19-20H,4-18H2,1-3H3,(H,22,23);;. The van der Waals surface area contributed by atoms with E-state index in [-0.39, 0.29) is 23.7 Å². The molecule has 0 aliphatic heterocycles. The third kappa shape index (κ3) is 39.9. The fraction of sp³-hybridized carbons (Fsp3) is 0.952. The molecule has 2 unspecified atom stereocenters. The molecule has 6 heteroatoms. The van der Waals surface area contributed by atoms with E-state index in [9.17, 15) is 9.59 Å². The summed E-state index contributed by atoms with van der Waals surface area (Å²) in [5.74, 6) is -1.01. The van der Waals surface area contributed by atoms with Crippen LogP contribution in [0.4, 0.5) is 0 Å². The molecular weight excluding hydrogens is 632 g/mol. The zero-order valence-electron chi connectivity index (χ0n) is 33.1. The molecule has 2 N–H and O–H groups in total. The summed E-state index contributed by atoms with van der Waals surface area (Å²) in [6.45, 7) is 12.6. The molecule has 0 aromatic heterocycles. The molecule has 48 heavy (non-hydrogen) atoms. The molecule has 286 valence electrons. The number of carboxylic acid groups (broad SMARTS) is 2. The second-order valence-corrected chi connectivity index (χ2v) is 15.1. The molecule has 0 aromatic carbocycles. The Kier molecular flexibility index (Phi) is 46.0. The summed E-state index contributed by atoms with van der Waals surface area (Å²) in [5, 5.41) is 18.3. The Bertz CT molecular complexity index is 600. The molecule has 2 atom stereocenters. The summed E-state index contributed by atoms with van der Waals surface area (Å²) in [7, 11) is 0. The summed E-state index contributed by atoms with van der Waals surface area (Å²) < 4.78 is 8.25. The average Bonchev–Trinajstić information content (AvgIpc) is 3.05. The second-order valence-electron chi connectivity index (χ2n) is 15.1. The number of hydrogen-bond acceptors (Lipinski definition) is 3. The third-order valence-electron chi connectivity index (χ3n) is 9.98. The second kappa shape index (κ2) is 42.6. The molecule has 0 aliphatic carbocycles. The van der Waals surface area contributed by atoms with Crippen LogP contribution < -0.4 is 0 Å². The van der Waals surface area contributed by atoms with Gasteiger partial charge in [0.05, 0.1) is 11.8 Å². The van der Waals surface area contributed by atoms with Crippen LogP contribution in [0.5, 0.6) is 0 Å². The van der Waals surface area contributed by atoms with Gasteiger partial charge in [-0.25, -0.2) is 0 Å². The first-order chi connectivity index (χ1) is 23.2. The first-order valence-corrected chi connectivity index (χ1v) is 21.5. The predicted octanol–water partition coefficient (Wildman–Crippen LogP) is 14.3. The van der Waals surface area contributed by atoms with E-state index in [1.165, 1.54) is 167 Å². The van der Waals surface area contributed by atoms with E-state index in [0.717, 1.165) is 46.1 Å². The van der Waals surface area contributed by atoms with Gasteiger partial charge in [0.2, 0.25) is 0 Å². The van der Waals surface area contributed by atoms with Gasteiger partial charge in [0.15, 0.2) is 0 Å². The van der Waals surface area contributed by atoms with Gasteiger partial charge in [0.1, 0.15) is 0 Å². The van der Waals surface area contributed by atoms with Crippen LogP contribution in [0.1, 0.15) is 234 Å². The molecule has 0 bridgehead atoms. The zero-order chi connectivity index (χ0) is 36.7. The molecule has 0 spiro atoms. The van der Waals surface area contributed by atoms with Crippen LogP contribution >= 0.6 is 0 Å². The van der Waals surface area contributed by atoms with Crippen LogP contribution in [0.15, 0.2) is 0 Å². The van der Waals surface area contributed by atoms with E-state index in [1.54, 1.807) is 0 Å². The monoisotopic (exact) mass is 717 g/mol. The molecule has 0 saturated carbocycles. The van der Waals surface area contributed by atoms with Gasteiger partial charge in [0, 0.05) is 0 Å². The molecule has 0 amide bonds. The van der Waals surface area contributed by atoms with E-state index in [4.69, 9.17) is 13.5 Å². The van der Waals surface area contributed by atoms with Gasteiger partial charge in [-0.05, 0) is 24.7 Å². The number of aliphatic carboxylic acids is 2. The summed E-state index contributed by atoms with van der Waals surface area (Å²) in [4.78, 5) is 22.2. The normalized spacial score (nSPS) is 12.2. The van der Waals surface area contributed by atoms with Gasteiger partial charge < -0.3 is 10.2 Å². The summed E-state index contributed by atoms with van der Waals surface area (Å²) in [6, 6.07) is 0. The van der Waals surface area contributed by atoms with Crippen molar-refractivity contribution in [1.82, 2.24) is 0 Å². The quantitative estimate of drug-likeness (QED) is 0.0511. The van der Waals surface area contributed by atoms with Crippen molar-refractivity contribution in [2.45, 2.75) is 234 Å². The Morgan fingerprint density at radius 3 is 0.688 bits per heavy atom. The van der Waals surface area contributed by atoms with E-state index < -0.39 is 11.9 Å². The molecular formula is C42H84O5Ti. The van der Waals surface area contributed by atoms with Gasteiger partial charge in [-0.3, -0.25) is 9.59 Å². The number of unbranched alkanes of at least 4 members (excludes halogenated alkanes) is 26. The van der Waals surface area contributed by atoms with Gasteiger partial charge in [-0.1, -0.05) is 221 Å². The average molecular weight is 717 g/mol. The summed E-state index contributed by atoms with van der Waals surface area (Å²) >= 11 is 0.750. The number of carbonyl (C=O) groups is 2. The van der Waals surface area contributed by atoms with Crippen molar-refractivity contribution in [3.05, 3.63) is 0 Å². The van der Waals surface area contributed by atoms with Crippen molar-refractivity contribution >= 4 is 11.9 Å². The van der Waals surface area contributed by atoms with Crippen LogP contribution in [0.25, 0.3) is 0 Å². The van der Waals surface area contributed by atoms with Crippen molar-refractivity contribution in [3.8, 4) is 0 Å². The van der Waals surface area contributed by atoms with Crippen molar-refractivity contribution in [2.75, 3.05) is 0 Å². The summed E-state index contributed by atoms with van der Waals surface area (Å²) in [6.07, 6.45) is 39.6. The minimum absolute atomic E-state index is 0.146. The first kappa shape index (κ1) is 51.8. The molecule has 0 aromatic rings. The van der Waals surface area contributed by atoms with Crippen molar-refractivity contribution < 1.29 is 43.5 Å². The van der Waals surface area contributed by atoms with Crippen LogP contribution in [-0.4, -0.2) is 22.2 Å². The fourth-order valence-corrected chi connectivity index (χ4v) is 6.60. The Hall–Kier alpha value is -0.546. The van der Waals surface area contributed by atoms with E-state index in [0.29, 0.717) is 0 Å². The van der Waals surface area contributed by atoms with Crippen molar-refractivity contribution in [3.63, 3.8) is 0 Å². The topological polar surface area (TPSA) is 91.7 Å². The molecule has 0 rings (SSSR count). The number of rotatable bonds is 34. The summed E-state index contributed by atoms with van der Waals surface area (Å²) in [5.41, 5.74) is 0. The van der Waals surface area contributed by atoms with Gasteiger partial charge in [-0.15, -0.1) is 0 Å². The van der Waals surface area contributed by atoms with Crippen molar-refractivity contribution in [1.29, 1.82) is 0 Å². The molecule has 0 radical (unpaired) electrons. The van der Waals surface area contributed by atoms with Crippen molar-refractivity contribution in [2.24, 2.45) is 23.7 Å². The Labute approximate surface area is 312 Å². The molecule has 0 saturated heterocycles. The van der Waals surface area contributed by atoms with Crippen LogP contribution in [0.3, 0.4) is 0 Å². The van der Waals surface area contributed by atoms with Gasteiger partial charge in [0.25, 0.3) is 0 Å². The predicted molar refractivity (Wildman–Crippen MR) is 202 cm³/mol. The van der Waals surface area contributed by atoms with E-state index >= 15 is 0 Å². The van der Waals surface area contributed by atoms with E-state index in [2.05, 4.69) is 13.8 Å². The SMILES string of the molecule is CCCCCCCCCCCCCCCCC(C(=O)O)C(C)C.CCCCCCCCCCCCCCCCC(C(=O)O)C(C)C.[O]=[Ti]. The molecule has 5 nitrogen and oxygen atoms in total.